The van der Waals surface area contributed by atoms with Gasteiger partial charge in [-0.05, 0) is 52.0 Å². The molecule has 0 aliphatic carbocycles. The van der Waals surface area contributed by atoms with Gasteiger partial charge in [-0.15, -0.1) is 0 Å². The maximum Gasteiger partial charge on any atom is 0.131 e. The molecular weight excluding hydrogens is 266 g/mol. The second kappa shape index (κ2) is 6.76. The molecule has 4 nitrogen and oxygen atoms in total. The lowest BCUT2D eigenvalue weighted by atomic mass is 9.82. The van der Waals surface area contributed by atoms with Gasteiger partial charge in [0.15, 0.2) is 0 Å². The molecule has 0 radical (unpaired) electrons. The quantitative estimate of drug-likeness (QED) is 0.802. The maximum absolute atomic E-state index is 11.6. The van der Waals surface area contributed by atoms with Crippen LogP contribution in [-0.2, 0) is 14.3 Å². The fourth-order valence-electron chi connectivity index (χ4n) is 4.43. The molecule has 0 aromatic heterocycles. The van der Waals surface area contributed by atoms with Crippen molar-refractivity contribution < 1.29 is 14.3 Å². The van der Waals surface area contributed by atoms with Crippen molar-refractivity contribution in [3.63, 3.8) is 0 Å². The van der Waals surface area contributed by atoms with Crippen LogP contribution in [0.25, 0.3) is 0 Å². The Morgan fingerprint density at radius 1 is 1.19 bits per heavy atom. The number of ether oxygens (including phenoxy) is 2. The van der Waals surface area contributed by atoms with Crippen LogP contribution >= 0.6 is 0 Å². The molecule has 0 amide bonds. The smallest absolute Gasteiger partial charge is 0.131 e. The topological polar surface area (TPSA) is 38.8 Å². The van der Waals surface area contributed by atoms with Crippen molar-refractivity contribution in [1.29, 1.82) is 0 Å². The number of carbonyl (C=O) groups excluding carboxylic acids is 1. The minimum absolute atomic E-state index is 0.0549. The highest BCUT2D eigenvalue weighted by Crippen LogP contribution is 2.38. The fraction of sp³-hybridized carbons (Fsp3) is 0.941. The third-order valence-electron chi connectivity index (χ3n) is 5.54. The molecule has 120 valence electrons. The van der Waals surface area contributed by atoms with Crippen LogP contribution in [0.2, 0.25) is 0 Å². The summed E-state index contributed by atoms with van der Waals surface area (Å²) in [7, 11) is 0. The van der Waals surface area contributed by atoms with Crippen LogP contribution in [0.4, 0.5) is 0 Å². The summed E-state index contributed by atoms with van der Waals surface area (Å²) >= 11 is 0. The van der Waals surface area contributed by atoms with Crippen LogP contribution in [0.15, 0.2) is 0 Å². The molecule has 0 saturated carbocycles. The summed E-state index contributed by atoms with van der Waals surface area (Å²) in [6.45, 7) is 5.44. The van der Waals surface area contributed by atoms with Crippen molar-refractivity contribution in [3.8, 4) is 0 Å². The largest absolute Gasteiger partial charge is 0.381 e. The minimum Gasteiger partial charge on any atom is -0.381 e. The molecule has 1 spiro atoms. The first-order chi connectivity index (χ1) is 10.2. The van der Waals surface area contributed by atoms with Gasteiger partial charge in [-0.1, -0.05) is 6.42 Å². The lowest BCUT2D eigenvalue weighted by molar-refractivity contribution is -0.156. The van der Waals surface area contributed by atoms with Crippen LogP contribution in [0, 0.1) is 0 Å². The normalized spacial score (nSPS) is 34.0. The molecule has 3 saturated heterocycles. The molecule has 3 rings (SSSR count). The second-order valence-corrected chi connectivity index (χ2v) is 7.08. The van der Waals surface area contributed by atoms with E-state index >= 15 is 0 Å². The summed E-state index contributed by atoms with van der Waals surface area (Å²) < 4.78 is 11.7. The standard InChI is InChI=1S/C17H29NO3/c1-14(19)12-15-4-2-3-8-18(15)16-5-9-21-17(13-16)6-10-20-11-7-17/h15-16H,2-13H2,1H3. The summed E-state index contributed by atoms with van der Waals surface area (Å²) in [5.74, 6) is 0.333. The summed E-state index contributed by atoms with van der Waals surface area (Å²) in [4.78, 5) is 14.2. The Kier molecular flexibility index (Phi) is 4.97. The predicted octanol–water partition coefficient (Wildman–Crippen LogP) is 2.55. The molecule has 0 N–H and O–H groups in total. The minimum atomic E-state index is 0.0549. The number of piperidine rings is 1. The number of ketones is 1. The van der Waals surface area contributed by atoms with E-state index in [0.29, 0.717) is 17.9 Å². The van der Waals surface area contributed by atoms with Gasteiger partial charge in [0.25, 0.3) is 0 Å². The van der Waals surface area contributed by atoms with Crippen molar-refractivity contribution in [3.05, 3.63) is 0 Å². The van der Waals surface area contributed by atoms with Crippen molar-refractivity contribution in [1.82, 2.24) is 4.90 Å². The first-order valence-electron chi connectivity index (χ1n) is 8.65. The maximum atomic E-state index is 11.6. The number of rotatable bonds is 3. The Morgan fingerprint density at radius 3 is 2.76 bits per heavy atom. The summed E-state index contributed by atoms with van der Waals surface area (Å²) in [6.07, 6.45) is 8.80. The Hall–Kier alpha value is -0.450. The number of carbonyl (C=O) groups is 1. The van der Waals surface area contributed by atoms with E-state index in [1.807, 2.05) is 0 Å². The molecule has 0 bridgehead atoms. The number of hydrogen-bond donors (Lipinski definition) is 0. The van der Waals surface area contributed by atoms with Crippen LogP contribution in [0.3, 0.4) is 0 Å². The van der Waals surface area contributed by atoms with Gasteiger partial charge in [0.1, 0.15) is 5.78 Å². The molecule has 0 aromatic carbocycles. The average molecular weight is 295 g/mol. The van der Waals surface area contributed by atoms with Gasteiger partial charge in [0.2, 0.25) is 0 Å². The van der Waals surface area contributed by atoms with Gasteiger partial charge < -0.3 is 9.47 Å². The van der Waals surface area contributed by atoms with Gasteiger partial charge in [0.05, 0.1) is 5.60 Å². The molecule has 3 aliphatic heterocycles. The zero-order valence-electron chi connectivity index (χ0n) is 13.3. The van der Waals surface area contributed by atoms with E-state index in [1.54, 1.807) is 6.92 Å². The van der Waals surface area contributed by atoms with Crippen molar-refractivity contribution in [2.75, 3.05) is 26.4 Å². The fourth-order valence-corrected chi connectivity index (χ4v) is 4.43. The van der Waals surface area contributed by atoms with Crippen LogP contribution in [0.5, 0.6) is 0 Å². The number of likely N-dealkylation sites (tertiary alicyclic amines) is 1. The lowest BCUT2D eigenvalue weighted by Gasteiger charge is -2.49. The van der Waals surface area contributed by atoms with Crippen molar-refractivity contribution in [2.45, 2.75) is 76.0 Å². The molecule has 21 heavy (non-hydrogen) atoms. The second-order valence-electron chi connectivity index (χ2n) is 7.08. The highest BCUT2D eigenvalue weighted by Gasteiger charge is 2.42. The third kappa shape index (κ3) is 3.66. The van der Waals surface area contributed by atoms with E-state index in [4.69, 9.17) is 9.47 Å². The van der Waals surface area contributed by atoms with E-state index in [1.165, 1.54) is 19.3 Å². The van der Waals surface area contributed by atoms with Gasteiger partial charge in [0, 0.05) is 38.3 Å². The van der Waals surface area contributed by atoms with Gasteiger partial charge in [-0.3, -0.25) is 9.69 Å². The molecule has 2 unspecified atom stereocenters. The number of nitrogens with zero attached hydrogens (tertiary/aromatic N) is 1. The zero-order valence-corrected chi connectivity index (χ0v) is 13.3. The van der Waals surface area contributed by atoms with Gasteiger partial charge >= 0.3 is 0 Å². The predicted molar refractivity (Wildman–Crippen MR) is 81.4 cm³/mol. The molecule has 3 aliphatic rings. The number of Topliss-reactive ketones (excluding diaryl/α,β-unsaturated/α-hetero) is 1. The highest BCUT2D eigenvalue weighted by atomic mass is 16.5. The van der Waals surface area contributed by atoms with Crippen LogP contribution < -0.4 is 0 Å². The van der Waals surface area contributed by atoms with E-state index in [0.717, 1.165) is 58.5 Å². The SMILES string of the molecule is CC(=O)CC1CCCCN1C1CCOC2(CCOCC2)C1. The van der Waals surface area contributed by atoms with E-state index in [2.05, 4.69) is 4.90 Å². The highest BCUT2D eigenvalue weighted by molar-refractivity contribution is 5.76. The van der Waals surface area contributed by atoms with Crippen LogP contribution in [0.1, 0.15) is 58.3 Å². The first kappa shape index (κ1) is 15.4. The van der Waals surface area contributed by atoms with E-state index < -0.39 is 0 Å². The molecule has 0 aromatic rings. The van der Waals surface area contributed by atoms with Gasteiger partial charge in [-0.2, -0.15) is 0 Å². The van der Waals surface area contributed by atoms with E-state index in [-0.39, 0.29) is 5.60 Å². The zero-order chi connectivity index (χ0) is 14.7. The van der Waals surface area contributed by atoms with Crippen molar-refractivity contribution in [2.24, 2.45) is 0 Å². The molecule has 3 fully saturated rings. The van der Waals surface area contributed by atoms with E-state index in [9.17, 15) is 4.79 Å². The lowest BCUT2D eigenvalue weighted by Crippen LogP contribution is -2.55. The Bertz CT molecular complexity index is 360. The molecule has 4 heteroatoms. The molecule has 2 atom stereocenters. The summed E-state index contributed by atoms with van der Waals surface area (Å²) in [6, 6.07) is 1.07. The van der Waals surface area contributed by atoms with Gasteiger partial charge in [-0.25, -0.2) is 0 Å². The Labute approximate surface area is 128 Å². The first-order valence-corrected chi connectivity index (χ1v) is 8.65. The summed E-state index contributed by atoms with van der Waals surface area (Å²) in [5.41, 5.74) is 0.0549. The third-order valence-corrected chi connectivity index (χ3v) is 5.54. The Morgan fingerprint density at radius 2 is 2.00 bits per heavy atom. The monoisotopic (exact) mass is 295 g/mol. The summed E-state index contributed by atoms with van der Waals surface area (Å²) in [5, 5.41) is 0. The van der Waals surface area contributed by atoms with Crippen molar-refractivity contribution >= 4 is 5.78 Å². The Balaban J connectivity index is 1.67. The average Bonchev–Trinajstić information content (AvgIpc) is 2.48. The van der Waals surface area contributed by atoms with Crippen LogP contribution in [-0.4, -0.2) is 54.7 Å². The number of hydrogen-bond acceptors (Lipinski definition) is 4. The molecular formula is C17H29NO3. The molecule has 3 heterocycles.